The van der Waals surface area contributed by atoms with Gasteiger partial charge in [0, 0.05) is 12.4 Å². The van der Waals surface area contributed by atoms with Crippen LogP contribution in [-0.2, 0) is 6.54 Å². The molecule has 0 aliphatic carbocycles. The number of aromatic nitrogens is 1. The van der Waals surface area contributed by atoms with Crippen LogP contribution in [-0.4, -0.2) is 27.8 Å². The third-order valence-electron chi connectivity index (χ3n) is 2.69. The smallest absolute Gasteiger partial charge is 0.322 e. The van der Waals surface area contributed by atoms with Gasteiger partial charge >= 0.3 is 6.03 Å². The molecule has 1 aromatic heterocycles. The first kappa shape index (κ1) is 21.6. The molecule has 2 heterocycles. The number of rotatable bonds is 4. The summed E-state index contributed by atoms with van der Waals surface area (Å²) >= 11 is 13.4. The summed E-state index contributed by atoms with van der Waals surface area (Å²) in [4.78, 5) is 17.8. The van der Waals surface area contributed by atoms with Crippen molar-refractivity contribution in [2.45, 2.75) is 18.3 Å². The number of hydrogen-bond donors (Lipinski definition) is 2. The largest absolute Gasteiger partial charge is 0.332 e. The Balaban J connectivity index is 0.00000220. The van der Waals surface area contributed by atoms with E-state index in [-0.39, 0.29) is 42.8 Å². The van der Waals surface area contributed by atoms with E-state index in [9.17, 15) is 4.79 Å². The second-order valence-corrected chi connectivity index (χ2v) is 6.34. The van der Waals surface area contributed by atoms with Crippen LogP contribution in [0.2, 0.25) is 5.02 Å². The number of amides is 2. The van der Waals surface area contributed by atoms with Crippen LogP contribution in [0.25, 0.3) is 0 Å². The monoisotopic (exact) mass is 404 g/mol. The molecule has 1 unspecified atom stereocenters. The molecule has 0 aromatic carbocycles. The lowest BCUT2D eigenvalue weighted by atomic mass is 10.3. The molecule has 0 fully saturated rings. The quantitative estimate of drug-likeness (QED) is 0.803. The van der Waals surface area contributed by atoms with Crippen molar-refractivity contribution >= 4 is 65.8 Å². The van der Waals surface area contributed by atoms with E-state index < -0.39 is 0 Å². The van der Waals surface area contributed by atoms with Gasteiger partial charge in [-0.15, -0.1) is 24.8 Å². The van der Waals surface area contributed by atoms with Crippen molar-refractivity contribution in [2.24, 2.45) is 5.73 Å². The maximum absolute atomic E-state index is 12.1. The summed E-state index contributed by atoms with van der Waals surface area (Å²) in [5, 5.41) is 3.23. The molecule has 0 spiro atoms. The van der Waals surface area contributed by atoms with Gasteiger partial charge in [0.05, 0.1) is 27.0 Å². The standard InChI is InChI=1S/C12H14Cl2N4OS.2ClH/c13-8-2-1-5-16-9(8)6-17-12(19)18-7-10(14)20-11(18)3-4-15;;/h1-2,5,7,11H,3-4,6,15H2,(H,17,19);2*1H. The average Bonchev–Trinajstić information content (AvgIpc) is 2.79. The number of hydrogen-bond acceptors (Lipinski definition) is 4. The summed E-state index contributed by atoms with van der Waals surface area (Å²) < 4.78 is 0.578. The Labute approximate surface area is 155 Å². The van der Waals surface area contributed by atoms with E-state index in [1.54, 1.807) is 29.4 Å². The van der Waals surface area contributed by atoms with Crippen molar-refractivity contribution in [2.75, 3.05) is 6.54 Å². The highest BCUT2D eigenvalue weighted by Gasteiger charge is 2.28. The van der Waals surface area contributed by atoms with Gasteiger partial charge in [-0.25, -0.2) is 4.79 Å². The van der Waals surface area contributed by atoms with Gasteiger partial charge in [0.15, 0.2) is 0 Å². The van der Waals surface area contributed by atoms with E-state index in [0.29, 0.717) is 28.0 Å². The van der Waals surface area contributed by atoms with Crippen LogP contribution < -0.4 is 11.1 Å². The Bertz CT molecular complexity index is 532. The van der Waals surface area contributed by atoms with E-state index in [0.717, 1.165) is 0 Å². The Morgan fingerprint density at radius 1 is 1.45 bits per heavy atom. The third-order valence-corrected chi connectivity index (χ3v) is 4.46. The van der Waals surface area contributed by atoms with E-state index in [1.165, 1.54) is 11.8 Å². The van der Waals surface area contributed by atoms with Gasteiger partial charge in [-0.2, -0.15) is 0 Å². The molecule has 0 saturated heterocycles. The highest BCUT2D eigenvalue weighted by molar-refractivity contribution is 8.05. The normalized spacial score (nSPS) is 16.4. The Kier molecular flexibility index (Phi) is 10.2. The van der Waals surface area contributed by atoms with Gasteiger partial charge in [0.1, 0.15) is 0 Å². The van der Waals surface area contributed by atoms with E-state index >= 15 is 0 Å². The lowest BCUT2D eigenvalue weighted by Crippen LogP contribution is -2.40. The van der Waals surface area contributed by atoms with Crippen LogP contribution in [0.4, 0.5) is 4.79 Å². The zero-order valence-corrected chi connectivity index (χ0v) is 15.3. The highest BCUT2D eigenvalue weighted by Crippen LogP contribution is 2.36. The number of nitrogens with two attached hydrogens (primary N) is 1. The van der Waals surface area contributed by atoms with Crippen molar-refractivity contribution in [1.82, 2.24) is 15.2 Å². The predicted octanol–water partition coefficient (Wildman–Crippen LogP) is 3.55. The lowest BCUT2D eigenvalue weighted by Gasteiger charge is -2.22. The Morgan fingerprint density at radius 2 is 2.18 bits per heavy atom. The van der Waals surface area contributed by atoms with Crippen LogP contribution in [0, 0.1) is 0 Å². The van der Waals surface area contributed by atoms with Gasteiger partial charge in [-0.05, 0) is 25.1 Å². The van der Waals surface area contributed by atoms with E-state index in [2.05, 4.69) is 10.3 Å². The minimum Gasteiger partial charge on any atom is -0.332 e. The maximum Gasteiger partial charge on any atom is 0.322 e. The first-order valence-electron chi connectivity index (χ1n) is 6.01. The van der Waals surface area contributed by atoms with Crippen molar-refractivity contribution in [1.29, 1.82) is 0 Å². The highest BCUT2D eigenvalue weighted by atomic mass is 35.5. The molecule has 1 atom stereocenters. The number of nitrogens with zero attached hydrogens (tertiary/aromatic N) is 2. The zero-order valence-electron chi connectivity index (χ0n) is 11.4. The molecule has 0 radical (unpaired) electrons. The molecule has 2 rings (SSSR count). The summed E-state index contributed by atoms with van der Waals surface area (Å²) in [6, 6.07) is 3.23. The van der Waals surface area contributed by atoms with Gasteiger partial charge in [0.2, 0.25) is 0 Å². The molecular formula is C12H16Cl4N4OS. The molecule has 0 saturated carbocycles. The van der Waals surface area contributed by atoms with E-state index in [1.807, 2.05) is 0 Å². The molecule has 5 nitrogen and oxygen atoms in total. The van der Waals surface area contributed by atoms with E-state index in [4.69, 9.17) is 28.9 Å². The average molecular weight is 406 g/mol. The number of urea groups is 1. The number of nitrogens with one attached hydrogen (secondary N) is 1. The number of carbonyl (C=O) groups is 1. The summed E-state index contributed by atoms with van der Waals surface area (Å²) in [7, 11) is 0. The summed E-state index contributed by atoms with van der Waals surface area (Å²) in [6.07, 6.45) is 3.92. The van der Waals surface area contributed by atoms with Gasteiger partial charge < -0.3 is 11.1 Å². The van der Waals surface area contributed by atoms with Crippen LogP contribution in [0.15, 0.2) is 28.9 Å². The van der Waals surface area contributed by atoms with Crippen LogP contribution in [0.1, 0.15) is 12.1 Å². The van der Waals surface area contributed by atoms with Crippen molar-refractivity contribution in [3.63, 3.8) is 0 Å². The fourth-order valence-electron chi connectivity index (χ4n) is 1.74. The minimum absolute atomic E-state index is 0. The molecule has 124 valence electrons. The van der Waals surface area contributed by atoms with Crippen molar-refractivity contribution < 1.29 is 4.79 Å². The number of pyridine rings is 1. The second kappa shape index (κ2) is 10.4. The topological polar surface area (TPSA) is 71.2 Å². The predicted molar refractivity (Wildman–Crippen MR) is 96.8 cm³/mol. The molecule has 1 aliphatic heterocycles. The number of halogens is 4. The first-order chi connectivity index (χ1) is 9.61. The Morgan fingerprint density at radius 3 is 2.82 bits per heavy atom. The minimum atomic E-state index is -0.242. The molecule has 1 aliphatic rings. The summed E-state index contributed by atoms with van der Waals surface area (Å²) in [5.41, 5.74) is 6.16. The third kappa shape index (κ3) is 5.68. The second-order valence-electron chi connectivity index (χ2n) is 4.08. The zero-order chi connectivity index (χ0) is 14.5. The molecule has 2 amide bonds. The fourth-order valence-corrected chi connectivity index (χ4v) is 3.30. The molecule has 1 aromatic rings. The molecule has 10 heteroatoms. The van der Waals surface area contributed by atoms with Gasteiger partial charge in [-0.1, -0.05) is 35.0 Å². The van der Waals surface area contributed by atoms with Gasteiger partial charge in [-0.3, -0.25) is 9.88 Å². The molecular weight excluding hydrogens is 390 g/mol. The fraction of sp³-hybridized carbons (Fsp3) is 0.333. The van der Waals surface area contributed by atoms with Crippen LogP contribution >= 0.6 is 59.8 Å². The first-order valence-corrected chi connectivity index (χ1v) is 7.65. The summed E-state index contributed by atoms with van der Waals surface area (Å²) in [5.74, 6) is 0. The van der Waals surface area contributed by atoms with Crippen molar-refractivity contribution in [3.05, 3.63) is 39.6 Å². The molecule has 3 N–H and O–H groups in total. The number of thioether (sulfide) groups is 1. The van der Waals surface area contributed by atoms with Crippen molar-refractivity contribution in [3.8, 4) is 0 Å². The Hall–Kier alpha value is -0.370. The summed E-state index contributed by atoms with van der Waals surface area (Å²) in [6.45, 7) is 0.756. The lowest BCUT2D eigenvalue weighted by molar-refractivity contribution is 0.211. The number of carbonyl (C=O) groups excluding carboxylic acids is 1. The van der Waals surface area contributed by atoms with Gasteiger partial charge in [0.25, 0.3) is 0 Å². The maximum atomic E-state index is 12.1. The SMILES string of the molecule is Cl.Cl.NCCC1SC(Cl)=CN1C(=O)NCc1ncccc1Cl. The van der Waals surface area contributed by atoms with Crippen LogP contribution in [0.3, 0.4) is 0 Å². The van der Waals surface area contributed by atoms with Crippen LogP contribution in [0.5, 0.6) is 0 Å². The molecule has 22 heavy (non-hydrogen) atoms. The molecule has 0 bridgehead atoms.